The first-order chi connectivity index (χ1) is 11.1. The molecule has 2 rings (SSSR count). The summed E-state index contributed by atoms with van der Waals surface area (Å²) in [6.45, 7) is 11.1. The minimum absolute atomic E-state index is 0. The lowest BCUT2D eigenvalue weighted by atomic mass is 10.2. The zero-order valence-corrected chi connectivity index (χ0v) is 18.3. The van der Waals surface area contributed by atoms with Crippen LogP contribution in [-0.2, 0) is 17.7 Å². The third kappa shape index (κ3) is 6.50. The molecule has 2 unspecified atom stereocenters. The lowest BCUT2D eigenvalue weighted by Gasteiger charge is -2.38. The fourth-order valence-corrected chi connectivity index (χ4v) is 3.75. The molecule has 2 N–H and O–H groups in total. The van der Waals surface area contributed by atoms with E-state index in [1.165, 1.54) is 9.75 Å². The Morgan fingerprint density at radius 2 is 2.17 bits per heavy atom. The molecule has 0 bridgehead atoms. The Morgan fingerprint density at radius 1 is 1.42 bits per heavy atom. The van der Waals surface area contributed by atoms with Crippen molar-refractivity contribution in [1.29, 1.82) is 0 Å². The maximum atomic E-state index is 5.51. The zero-order valence-electron chi connectivity index (χ0n) is 15.2. The van der Waals surface area contributed by atoms with Gasteiger partial charge in [-0.25, -0.2) is 0 Å². The van der Waals surface area contributed by atoms with Crippen molar-refractivity contribution in [3.63, 3.8) is 0 Å². The second kappa shape index (κ2) is 11.3. The van der Waals surface area contributed by atoms with Crippen LogP contribution >= 0.6 is 35.3 Å². The summed E-state index contributed by atoms with van der Waals surface area (Å²) in [6, 6.07) is 5.34. The molecule has 1 aromatic heterocycles. The summed E-state index contributed by atoms with van der Waals surface area (Å²) in [5.41, 5.74) is 0. The highest BCUT2D eigenvalue weighted by atomic mass is 127. The number of hydrogen-bond donors (Lipinski definition) is 2. The van der Waals surface area contributed by atoms with Crippen molar-refractivity contribution in [2.24, 2.45) is 4.99 Å². The van der Waals surface area contributed by atoms with Gasteiger partial charge in [0.05, 0.1) is 19.8 Å². The normalized spacial score (nSPS) is 20.3. The number of halogens is 1. The van der Waals surface area contributed by atoms with Crippen molar-refractivity contribution in [3.8, 4) is 0 Å². The predicted molar refractivity (Wildman–Crippen MR) is 114 cm³/mol. The molecular formula is C17H31IN4OS. The molecule has 1 saturated heterocycles. The number of nitrogens with one attached hydrogen (secondary N) is 2. The first-order valence-corrected chi connectivity index (χ1v) is 9.31. The predicted octanol–water partition coefficient (Wildman–Crippen LogP) is 2.70. The van der Waals surface area contributed by atoms with Gasteiger partial charge in [0, 0.05) is 42.0 Å². The largest absolute Gasteiger partial charge is 0.379 e. The van der Waals surface area contributed by atoms with Crippen molar-refractivity contribution >= 4 is 41.3 Å². The molecule has 0 saturated carbocycles. The number of aliphatic imine (C=N–C) groups is 1. The second-order valence-electron chi connectivity index (χ2n) is 6.04. The number of morpholine rings is 1. The van der Waals surface area contributed by atoms with Gasteiger partial charge < -0.3 is 15.4 Å². The van der Waals surface area contributed by atoms with Crippen LogP contribution in [0.4, 0.5) is 0 Å². The van der Waals surface area contributed by atoms with Gasteiger partial charge in [0.15, 0.2) is 5.96 Å². The van der Waals surface area contributed by atoms with Crippen LogP contribution in [0.3, 0.4) is 0 Å². The number of guanidine groups is 1. The van der Waals surface area contributed by atoms with Crippen LogP contribution in [0.25, 0.3) is 0 Å². The van der Waals surface area contributed by atoms with E-state index in [-0.39, 0.29) is 24.0 Å². The standard InChI is InChI=1S/C17H30N4OS.HI/c1-5-15-6-7-16(23-15)11-20-17(18-4)19-10-13(2)21-8-9-22-12-14(21)3;/h6-7,13-14H,5,8-12H2,1-4H3,(H2,18,19,20);1H. The highest BCUT2D eigenvalue weighted by Gasteiger charge is 2.23. The molecule has 1 fully saturated rings. The Morgan fingerprint density at radius 3 is 2.79 bits per heavy atom. The van der Waals surface area contributed by atoms with Gasteiger partial charge in [-0.1, -0.05) is 6.92 Å². The number of rotatable bonds is 6. The molecule has 0 radical (unpaired) electrons. The molecule has 0 aliphatic carbocycles. The van der Waals surface area contributed by atoms with Gasteiger partial charge in [0.25, 0.3) is 0 Å². The van der Waals surface area contributed by atoms with Crippen molar-refractivity contribution in [2.75, 3.05) is 33.4 Å². The van der Waals surface area contributed by atoms with E-state index in [1.54, 1.807) is 0 Å². The maximum Gasteiger partial charge on any atom is 0.191 e. The van der Waals surface area contributed by atoms with Crippen LogP contribution in [0.1, 0.15) is 30.5 Å². The Bertz CT molecular complexity index is 509. The lowest BCUT2D eigenvalue weighted by molar-refractivity contribution is -0.0174. The van der Waals surface area contributed by atoms with E-state index >= 15 is 0 Å². The smallest absolute Gasteiger partial charge is 0.191 e. The monoisotopic (exact) mass is 466 g/mol. The third-order valence-corrected chi connectivity index (χ3v) is 5.50. The fourth-order valence-electron chi connectivity index (χ4n) is 2.86. The minimum atomic E-state index is 0. The Kier molecular flexibility index (Phi) is 10.2. The average molecular weight is 466 g/mol. The van der Waals surface area contributed by atoms with E-state index in [9.17, 15) is 0 Å². The molecule has 1 aliphatic heterocycles. The van der Waals surface area contributed by atoms with Gasteiger partial charge in [-0.05, 0) is 32.4 Å². The average Bonchev–Trinajstić information content (AvgIpc) is 3.03. The highest BCUT2D eigenvalue weighted by Crippen LogP contribution is 2.16. The van der Waals surface area contributed by atoms with Gasteiger partial charge in [-0.3, -0.25) is 9.89 Å². The van der Waals surface area contributed by atoms with Gasteiger partial charge in [0.2, 0.25) is 0 Å². The second-order valence-corrected chi connectivity index (χ2v) is 7.29. The summed E-state index contributed by atoms with van der Waals surface area (Å²) in [7, 11) is 1.82. The van der Waals surface area contributed by atoms with Gasteiger partial charge in [-0.15, -0.1) is 35.3 Å². The highest BCUT2D eigenvalue weighted by molar-refractivity contribution is 14.0. The lowest BCUT2D eigenvalue weighted by Crippen LogP contribution is -2.52. The Balaban J connectivity index is 0.00000288. The first-order valence-electron chi connectivity index (χ1n) is 8.49. The van der Waals surface area contributed by atoms with Crippen LogP contribution in [-0.4, -0.2) is 56.3 Å². The third-order valence-electron chi connectivity index (χ3n) is 4.27. The molecule has 24 heavy (non-hydrogen) atoms. The molecule has 7 heteroatoms. The molecule has 0 spiro atoms. The number of nitrogens with zero attached hydrogens (tertiary/aromatic N) is 2. The van der Waals surface area contributed by atoms with E-state index < -0.39 is 0 Å². The van der Waals surface area contributed by atoms with E-state index in [2.05, 4.69) is 53.4 Å². The molecular weight excluding hydrogens is 435 g/mol. The zero-order chi connectivity index (χ0) is 16.7. The molecule has 5 nitrogen and oxygen atoms in total. The van der Waals surface area contributed by atoms with Crippen LogP contribution in [0.2, 0.25) is 0 Å². The summed E-state index contributed by atoms with van der Waals surface area (Å²) in [4.78, 5) is 9.60. The van der Waals surface area contributed by atoms with Crippen LogP contribution in [0, 0.1) is 0 Å². The quantitative estimate of drug-likeness (QED) is 0.385. The van der Waals surface area contributed by atoms with E-state index in [1.807, 2.05) is 18.4 Å². The number of hydrogen-bond acceptors (Lipinski definition) is 4. The van der Waals surface area contributed by atoms with E-state index in [4.69, 9.17) is 4.74 Å². The summed E-state index contributed by atoms with van der Waals surface area (Å²) < 4.78 is 5.51. The molecule has 2 atom stereocenters. The maximum absolute atomic E-state index is 5.51. The first kappa shape index (κ1) is 21.7. The molecule has 2 heterocycles. The number of ether oxygens (including phenoxy) is 1. The molecule has 138 valence electrons. The van der Waals surface area contributed by atoms with Gasteiger partial charge in [-0.2, -0.15) is 0 Å². The van der Waals surface area contributed by atoms with Crippen LogP contribution in [0.5, 0.6) is 0 Å². The van der Waals surface area contributed by atoms with Crippen LogP contribution in [0.15, 0.2) is 17.1 Å². The van der Waals surface area contributed by atoms with Crippen LogP contribution < -0.4 is 10.6 Å². The summed E-state index contributed by atoms with van der Waals surface area (Å²) in [5.74, 6) is 0.865. The fraction of sp³-hybridized carbons (Fsp3) is 0.706. The van der Waals surface area contributed by atoms with Crippen molar-refractivity contribution < 1.29 is 4.74 Å². The summed E-state index contributed by atoms with van der Waals surface area (Å²) in [6.07, 6.45) is 1.10. The summed E-state index contributed by atoms with van der Waals surface area (Å²) >= 11 is 1.87. The van der Waals surface area contributed by atoms with Gasteiger partial charge >= 0.3 is 0 Å². The Hall–Kier alpha value is -0.380. The molecule has 1 aliphatic rings. The van der Waals surface area contributed by atoms with E-state index in [0.717, 1.165) is 45.2 Å². The molecule has 0 amide bonds. The van der Waals surface area contributed by atoms with Gasteiger partial charge in [0.1, 0.15) is 0 Å². The number of aryl methyl sites for hydroxylation is 1. The number of thiophene rings is 1. The summed E-state index contributed by atoms with van der Waals surface area (Å²) in [5, 5.41) is 6.84. The SMILES string of the molecule is CCc1ccc(CNC(=NC)NCC(C)N2CCOCC2C)s1.I. The molecule has 0 aromatic carbocycles. The van der Waals surface area contributed by atoms with Crippen molar-refractivity contribution in [1.82, 2.24) is 15.5 Å². The van der Waals surface area contributed by atoms with Crippen molar-refractivity contribution in [3.05, 3.63) is 21.9 Å². The van der Waals surface area contributed by atoms with E-state index in [0.29, 0.717) is 12.1 Å². The van der Waals surface area contributed by atoms with Crippen molar-refractivity contribution in [2.45, 2.75) is 45.8 Å². The molecule has 1 aromatic rings. The topological polar surface area (TPSA) is 48.9 Å². The Labute approximate surface area is 167 Å². The minimum Gasteiger partial charge on any atom is -0.379 e.